The number of hydrazine groups is 1. The molecule has 0 aliphatic heterocycles. The molecule has 0 aromatic heterocycles. The van der Waals surface area contributed by atoms with E-state index in [1.807, 2.05) is 25.1 Å². The van der Waals surface area contributed by atoms with E-state index in [1.165, 1.54) is 7.62 Å². The van der Waals surface area contributed by atoms with Crippen molar-refractivity contribution in [2.75, 3.05) is 12.5 Å². The van der Waals surface area contributed by atoms with Crippen molar-refractivity contribution in [1.29, 1.82) is 0 Å². The maximum atomic E-state index is 11.9. The lowest BCUT2D eigenvalue weighted by Gasteiger charge is -2.11. The fourth-order valence-corrected chi connectivity index (χ4v) is 1.56. The Bertz CT molecular complexity index is 435. The summed E-state index contributed by atoms with van der Waals surface area (Å²) in [5.41, 5.74) is 5.53. The third-order valence-corrected chi connectivity index (χ3v) is 2.80. The molecule has 1 saturated carbocycles. The molecule has 1 amide bonds. The van der Waals surface area contributed by atoms with Crippen LogP contribution < -0.4 is 16.1 Å². The van der Waals surface area contributed by atoms with Gasteiger partial charge in [-0.05, 0) is 37.5 Å². The quantitative estimate of drug-likeness (QED) is 0.398. The van der Waals surface area contributed by atoms with Gasteiger partial charge < -0.3 is 15.4 Å². The Morgan fingerprint density at radius 3 is 2.89 bits per heavy atom. The monoisotopic (exact) mass is 246 g/mol. The number of rotatable bonds is 6. The van der Waals surface area contributed by atoms with Crippen LogP contribution in [0.3, 0.4) is 0 Å². The van der Waals surface area contributed by atoms with Crippen LogP contribution in [0.5, 0.6) is 0 Å². The predicted octanol–water partition coefficient (Wildman–Crippen LogP) is 0.984. The summed E-state index contributed by atoms with van der Waals surface area (Å²) < 4.78 is 4.76. The second-order valence-electron chi connectivity index (χ2n) is 4.40. The third kappa shape index (κ3) is 3.48. The highest BCUT2D eigenvalue weighted by molar-refractivity contribution is 6.23. The van der Waals surface area contributed by atoms with E-state index >= 15 is 0 Å². The number of carbonyl (C=O) groups is 1. The first-order valence-corrected chi connectivity index (χ1v) is 5.98. The lowest BCUT2D eigenvalue weighted by Crippen LogP contribution is -2.28. The second kappa shape index (κ2) is 5.88. The molecule has 1 radical (unpaired) electrons. The number of nitrogens with one attached hydrogen (secondary N) is 3. The van der Waals surface area contributed by atoms with Crippen molar-refractivity contribution in [3.63, 3.8) is 0 Å². The fraction of sp³-hybridized carbons (Fsp3) is 0.417. The van der Waals surface area contributed by atoms with Crippen molar-refractivity contribution in [3.05, 3.63) is 29.3 Å². The molecule has 1 aliphatic rings. The summed E-state index contributed by atoms with van der Waals surface area (Å²) in [4.78, 5) is 11.9. The summed E-state index contributed by atoms with van der Waals surface area (Å²) in [7, 11) is 2.98. The van der Waals surface area contributed by atoms with Gasteiger partial charge in [0.2, 0.25) is 0 Å². The molecule has 0 unspecified atom stereocenters. The van der Waals surface area contributed by atoms with Gasteiger partial charge in [-0.1, -0.05) is 6.07 Å². The maximum absolute atomic E-state index is 11.9. The van der Waals surface area contributed by atoms with E-state index in [0.29, 0.717) is 11.6 Å². The van der Waals surface area contributed by atoms with Crippen molar-refractivity contribution in [2.45, 2.75) is 25.8 Å². The zero-order valence-electron chi connectivity index (χ0n) is 10.6. The van der Waals surface area contributed by atoms with Gasteiger partial charge in [-0.15, -0.1) is 0 Å². The summed E-state index contributed by atoms with van der Waals surface area (Å²) in [5, 5.41) is 5.75. The lowest BCUT2D eigenvalue weighted by molar-refractivity contribution is 0.0951. The summed E-state index contributed by atoms with van der Waals surface area (Å²) in [6.07, 6.45) is 2.18. The molecule has 2 rings (SSSR count). The number of benzene rings is 1. The number of hydrogen-bond donors (Lipinski definition) is 3. The standard InChI is InChI=1S/C12H17BN3O2/c1-8-3-4-9(12(17)14-10-5-6-10)7-11(8)15-16-13-18-2/h3-4,7,10,15-16H,5-6H2,1-2H3,(H,14,17). The average molecular weight is 246 g/mol. The minimum Gasteiger partial charge on any atom is -0.426 e. The number of amides is 1. The average Bonchev–Trinajstić information content (AvgIpc) is 3.15. The summed E-state index contributed by atoms with van der Waals surface area (Å²) in [6.45, 7) is 1.97. The molecule has 0 saturated heterocycles. The van der Waals surface area contributed by atoms with Crippen molar-refractivity contribution in [1.82, 2.24) is 10.7 Å². The Kier molecular flexibility index (Phi) is 4.22. The molecule has 0 bridgehead atoms. The van der Waals surface area contributed by atoms with E-state index in [2.05, 4.69) is 16.1 Å². The van der Waals surface area contributed by atoms with Crippen molar-refractivity contribution < 1.29 is 9.45 Å². The van der Waals surface area contributed by atoms with Crippen molar-refractivity contribution in [3.8, 4) is 0 Å². The smallest absolute Gasteiger partial charge is 0.415 e. The molecule has 5 nitrogen and oxygen atoms in total. The van der Waals surface area contributed by atoms with E-state index in [9.17, 15) is 4.79 Å². The molecule has 0 spiro atoms. The van der Waals surface area contributed by atoms with Gasteiger partial charge in [0.15, 0.2) is 0 Å². The zero-order valence-corrected chi connectivity index (χ0v) is 10.6. The van der Waals surface area contributed by atoms with E-state index in [1.54, 1.807) is 7.11 Å². The minimum absolute atomic E-state index is 0.0173. The molecule has 0 heterocycles. The van der Waals surface area contributed by atoms with Gasteiger partial charge in [-0.25, -0.2) is 0 Å². The molecule has 1 aliphatic carbocycles. The van der Waals surface area contributed by atoms with Crippen LogP contribution in [0, 0.1) is 6.92 Å². The van der Waals surface area contributed by atoms with E-state index in [0.717, 1.165) is 24.1 Å². The zero-order chi connectivity index (χ0) is 13.0. The lowest BCUT2D eigenvalue weighted by atomic mass is 10.1. The van der Waals surface area contributed by atoms with Crippen LogP contribution in [-0.4, -0.2) is 26.7 Å². The molecular formula is C12H17BN3O2. The minimum atomic E-state index is -0.0173. The summed E-state index contributed by atoms with van der Waals surface area (Å²) in [5.74, 6) is -0.0173. The molecule has 18 heavy (non-hydrogen) atoms. The highest BCUT2D eigenvalue weighted by Gasteiger charge is 2.23. The number of carbonyl (C=O) groups excluding carboxylic acids is 1. The van der Waals surface area contributed by atoms with Crippen molar-refractivity contribution >= 4 is 19.2 Å². The van der Waals surface area contributed by atoms with Crippen LogP contribution in [0.15, 0.2) is 18.2 Å². The Labute approximate surface area is 108 Å². The molecule has 1 aromatic carbocycles. The number of anilines is 1. The number of aryl methyl sites for hydroxylation is 1. The van der Waals surface area contributed by atoms with Crippen LogP contribution in [0.1, 0.15) is 28.8 Å². The molecule has 95 valence electrons. The van der Waals surface area contributed by atoms with Crippen LogP contribution >= 0.6 is 0 Å². The molecule has 0 atom stereocenters. The highest BCUT2D eigenvalue weighted by atomic mass is 16.4. The Morgan fingerprint density at radius 2 is 2.22 bits per heavy atom. The first-order valence-electron chi connectivity index (χ1n) is 5.98. The SMILES string of the molecule is CO[B]NNc1cc(C(=O)NC2CC2)ccc1C. The fourth-order valence-electron chi connectivity index (χ4n) is 1.56. The largest absolute Gasteiger partial charge is 0.426 e. The van der Waals surface area contributed by atoms with Crippen LogP contribution in [-0.2, 0) is 4.65 Å². The van der Waals surface area contributed by atoms with Crippen LogP contribution in [0.25, 0.3) is 0 Å². The van der Waals surface area contributed by atoms with Gasteiger partial charge in [0.05, 0.1) is 5.69 Å². The Morgan fingerprint density at radius 1 is 1.44 bits per heavy atom. The Hall–Kier alpha value is -1.53. The maximum Gasteiger partial charge on any atom is 0.415 e. The number of hydrogen-bond acceptors (Lipinski definition) is 4. The third-order valence-electron chi connectivity index (χ3n) is 2.80. The molecular weight excluding hydrogens is 229 g/mol. The molecule has 1 aromatic rings. The van der Waals surface area contributed by atoms with Gasteiger partial charge in [-0.2, -0.15) is 0 Å². The van der Waals surface area contributed by atoms with E-state index < -0.39 is 0 Å². The van der Waals surface area contributed by atoms with Crippen LogP contribution in [0.4, 0.5) is 5.69 Å². The summed E-state index contributed by atoms with van der Waals surface area (Å²) >= 11 is 0. The van der Waals surface area contributed by atoms with Crippen molar-refractivity contribution in [2.24, 2.45) is 0 Å². The predicted molar refractivity (Wildman–Crippen MR) is 71.2 cm³/mol. The van der Waals surface area contributed by atoms with Gasteiger partial charge in [0.25, 0.3) is 5.91 Å². The molecule has 3 N–H and O–H groups in total. The first kappa shape index (κ1) is 12.9. The van der Waals surface area contributed by atoms with E-state index in [4.69, 9.17) is 4.65 Å². The van der Waals surface area contributed by atoms with Crippen LogP contribution in [0.2, 0.25) is 0 Å². The first-order chi connectivity index (χ1) is 8.70. The van der Waals surface area contributed by atoms with Gasteiger partial charge in [0, 0.05) is 18.7 Å². The summed E-state index contributed by atoms with van der Waals surface area (Å²) in [6, 6.07) is 5.94. The van der Waals surface area contributed by atoms with E-state index in [-0.39, 0.29) is 5.91 Å². The molecule has 6 heteroatoms. The normalized spacial score (nSPS) is 14.1. The highest BCUT2D eigenvalue weighted by Crippen LogP contribution is 2.21. The van der Waals surface area contributed by atoms with Gasteiger partial charge >= 0.3 is 7.62 Å². The second-order valence-corrected chi connectivity index (χ2v) is 4.40. The Balaban J connectivity index is 2.01. The van der Waals surface area contributed by atoms with Gasteiger partial charge in [0.1, 0.15) is 0 Å². The topological polar surface area (TPSA) is 62.4 Å². The van der Waals surface area contributed by atoms with Gasteiger partial charge in [-0.3, -0.25) is 10.1 Å². The molecule has 1 fully saturated rings.